The molecular weight excluding hydrogens is 327 g/mol. The van der Waals surface area contributed by atoms with Crippen molar-refractivity contribution in [1.29, 1.82) is 0 Å². The fraction of sp³-hybridized carbons (Fsp3) is 0.625. The van der Waals surface area contributed by atoms with Gasteiger partial charge in [0.2, 0.25) is 0 Å². The molecule has 1 N–H and O–H groups in total. The molecule has 1 saturated carbocycles. The van der Waals surface area contributed by atoms with Gasteiger partial charge in [-0.3, -0.25) is 0 Å². The molecule has 0 amide bonds. The predicted octanol–water partition coefficient (Wildman–Crippen LogP) is 3.55. The third-order valence-electron chi connectivity index (χ3n) is 4.42. The van der Waals surface area contributed by atoms with Gasteiger partial charge in [-0.25, -0.2) is 8.42 Å². The summed E-state index contributed by atoms with van der Waals surface area (Å²) in [5.74, 6) is -0.855. The first-order valence-electron chi connectivity index (χ1n) is 7.72. The fourth-order valence-corrected chi connectivity index (χ4v) is 3.60. The van der Waals surface area contributed by atoms with Gasteiger partial charge in [0, 0.05) is 12.8 Å². The first-order chi connectivity index (χ1) is 10.7. The average Bonchev–Trinajstić information content (AvgIpc) is 2.46. The van der Waals surface area contributed by atoms with Crippen LogP contribution in [0, 0.1) is 11.8 Å². The molecule has 23 heavy (non-hydrogen) atoms. The molecule has 1 aliphatic rings. The average molecular weight is 349 g/mol. The fourth-order valence-electron chi connectivity index (χ4n) is 2.97. The van der Waals surface area contributed by atoms with Crippen molar-refractivity contribution in [2.75, 3.05) is 12.8 Å². The first-order valence-corrected chi connectivity index (χ1v) is 9.62. The molecule has 0 radical (unpaired) electrons. The van der Waals surface area contributed by atoms with Crippen molar-refractivity contribution in [3.8, 4) is 0 Å². The topological polar surface area (TPSA) is 46.2 Å². The second-order valence-corrected chi connectivity index (χ2v) is 8.32. The Bertz CT molecular complexity index is 603. The predicted molar refractivity (Wildman–Crippen MR) is 82.8 cm³/mol. The van der Waals surface area contributed by atoms with E-state index in [9.17, 15) is 21.6 Å². The van der Waals surface area contributed by atoms with E-state index >= 15 is 0 Å². The van der Waals surface area contributed by atoms with Gasteiger partial charge in [0.05, 0.1) is 10.8 Å². The van der Waals surface area contributed by atoms with E-state index in [1.165, 1.54) is 0 Å². The van der Waals surface area contributed by atoms with E-state index in [1.54, 1.807) is 24.3 Å². The second kappa shape index (κ2) is 7.21. The van der Waals surface area contributed by atoms with Gasteiger partial charge in [0.15, 0.2) is 9.84 Å². The smallest absolute Gasteiger partial charge is 0.312 e. The van der Waals surface area contributed by atoms with Gasteiger partial charge < -0.3 is 5.32 Å². The second-order valence-electron chi connectivity index (χ2n) is 6.31. The summed E-state index contributed by atoms with van der Waals surface area (Å²) in [6.45, 7) is 1.28. The van der Waals surface area contributed by atoms with Crippen molar-refractivity contribution in [2.45, 2.75) is 43.3 Å². The van der Waals surface area contributed by atoms with E-state index in [0.717, 1.165) is 11.8 Å². The minimum absolute atomic E-state index is 0.221. The van der Waals surface area contributed by atoms with Crippen molar-refractivity contribution in [3.05, 3.63) is 29.8 Å². The molecule has 0 spiro atoms. The van der Waals surface area contributed by atoms with E-state index in [2.05, 4.69) is 5.32 Å². The lowest BCUT2D eigenvalue weighted by Gasteiger charge is -2.29. The van der Waals surface area contributed by atoms with E-state index in [0.29, 0.717) is 25.9 Å². The van der Waals surface area contributed by atoms with Crippen LogP contribution >= 0.6 is 0 Å². The summed E-state index contributed by atoms with van der Waals surface area (Å²) in [6.07, 6.45) is -1.25. The number of hydrogen-bond donors (Lipinski definition) is 1. The van der Waals surface area contributed by atoms with E-state index in [1.807, 2.05) is 0 Å². The lowest BCUT2D eigenvalue weighted by Crippen LogP contribution is -2.31. The molecular formula is C16H22F3NO2S. The Morgan fingerprint density at radius 2 is 1.65 bits per heavy atom. The van der Waals surface area contributed by atoms with Crippen molar-refractivity contribution in [1.82, 2.24) is 5.32 Å². The highest BCUT2D eigenvalue weighted by atomic mass is 32.2. The minimum Gasteiger partial charge on any atom is -0.312 e. The van der Waals surface area contributed by atoms with E-state index in [-0.39, 0.29) is 23.7 Å². The number of alkyl halides is 3. The molecule has 3 nitrogen and oxygen atoms in total. The van der Waals surface area contributed by atoms with Crippen LogP contribution in [0.25, 0.3) is 0 Å². The number of sulfone groups is 1. The van der Waals surface area contributed by atoms with E-state index < -0.39 is 21.9 Å². The summed E-state index contributed by atoms with van der Waals surface area (Å²) in [6, 6.07) is 6.65. The van der Waals surface area contributed by atoms with Crippen molar-refractivity contribution in [2.24, 2.45) is 11.8 Å². The number of benzene rings is 1. The summed E-state index contributed by atoms with van der Waals surface area (Å²) in [5.41, 5.74) is 0.960. The number of hydrogen-bond acceptors (Lipinski definition) is 3. The third-order valence-corrected chi connectivity index (χ3v) is 5.55. The van der Waals surface area contributed by atoms with Gasteiger partial charge in [0.1, 0.15) is 0 Å². The Morgan fingerprint density at radius 3 is 2.13 bits per heavy atom. The lowest BCUT2D eigenvalue weighted by molar-refractivity contribution is -0.183. The molecule has 1 aliphatic carbocycles. The van der Waals surface area contributed by atoms with Gasteiger partial charge in [-0.1, -0.05) is 12.1 Å². The SMILES string of the molecule is CS(=O)(=O)c1ccc(CNCC2CCC(C(F)(F)F)CC2)cc1. The Labute approximate surface area is 135 Å². The molecule has 0 atom stereocenters. The molecule has 0 bridgehead atoms. The van der Waals surface area contributed by atoms with Gasteiger partial charge in [0.25, 0.3) is 0 Å². The maximum absolute atomic E-state index is 12.6. The molecule has 0 saturated heterocycles. The van der Waals surface area contributed by atoms with Crippen molar-refractivity contribution >= 4 is 9.84 Å². The van der Waals surface area contributed by atoms with Gasteiger partial charge in [-0.15, -0.1) is 0 Å². The van der Waals surface area contributed by atoms with Gasteiger partial charge in [-0.2, -0.15) is 13.2 Å². The molecule has 0 aromatic heterocycles. The zero-order valence-electron chi connectivity index (χ0n) is 13.1. The molecule has 0 aliphatic heterocycles. The quantitative estimate of drug-likeness (QED) is 0.884. The summed E-state index contributed by atoms with van der Waals surface area (Å²) < 4.78 is 60.5. The molecule has 130 valence electrons. The largest absolute Gasteiger partial charge is 0.391 e. The molecule has 1 fully saturated rings. The maximum Gasteiger partial charge on any atom is 0.391 e. The lowest BCUT2D eigenvalue weighted by atomic mass is 9.81. The zero-order chi connectivity index (χ0) is 17.1. The monoisotopic (exact) mass is 349 g/mol. The molecule has 1 aromatic carbocycles. The number of halogens is 3. The highest BCUT2D eigenvalue weighted by Crippen LogP contribution is 2.39. The highest BCUT2D eigenvalue weighted by molar-refractivity contribution is 7.90. The Morgan fingerprint density at radius 1 is 1.09 bits per heavy atom. The third kappa shape index (κ3) is 5.49. The zero-order valence-corrected chi connectivity index (χ0v) is 13.9. The highest BCUT2D eigenvalue weighted by Gasteiger charge is 2.41. The number of rotatable bonds is 5. The summed E-state index contributed by atoms with van der Waals surface area (Å²) in [7, 11) is -3.19. The Balaban J connectivity index is 1.74. The van der Waals surface area contributed by atoms with Crippen LogP contribution < -0.4 is 5.32 Å². The summed E-state index contributed by atoms with van der Waals surface area (Å²) in [5, 5.41) is 3.25. The van der Waals surface area contributed by atoms with Crippen LogP contribution in [0.5, 0.6) is 0 Å². The van der Waals surface area contributed by atoms with Gasteiger partial charge >= 0.3 is 6.18 Å². The van der Waals surface area contributed by atoms with Crippen LogP contribution in [0.1, 0.15) is 31.2 Å². The van der Waals surface area contributed by atoms with Gasteiger partial charge in [-0.05, 0) is 55.8 Å². The molecule has 2 rings (SSSR count). The van der Waals surface area contributed by atoms with Crippen molar-refractivity contribution < 1.29 is 21.6 Å². The molecule has 0 heterocycles. The standard InChI is InChI=1S/C16H22F3NO2S/c1-23(21,22)15-8-4-13(5-9-15)11-20-10-12-2-6-14(7-3-12)16(17,18)19/h4-5,8-9,12,14,20H,2-3,6-7,10-11H2,1H3. The normalized spacial score (nSPS) is 23.0. The van der Waals surface area contributed by atoms with Crippen LogP contribution in [0.3, 0.4) is 0 Å². The van der Waals surface area contributed by atoms with Crippen LogP contribution in [0.2, 0.25) is 0 Å². The number of nitrogens with one attached hydrogen (secondary N) is 1. The Kier molecular flexibility index (Phi) is 5.73. The molecule has 7 heteroatoms. The minimum atomic E-state index is -4.06. The van der Waals surface area contributed by atoms with Crippen LogP contribution in [0.4, 0.5) is 13.2 Å². The van der Waals surface area contributed by atoms with Crippen LogP contribution in [0.15, 0.2) is 29.2 Å². The molecule has 0 unspecified atom stereocenters. The van der Waals surface area contributed by atoms with Crippen LogP contribution in [-0.4, -0.2) is 27.4 Å². The summed E-state index contributed by atoms with van der Waals surface area (Å²) >= 11 is 0. The van der Waals surface area contributed by atoms with E-state index in [4.69, 9.17) is 0 Å². The van der Waals surface area contributed by atoms with Crippen LogP contribution in [-0.2, 0) is 16.4 Å². The van der Waals surface area contributed by atoms with Crippen molar-refractivity contribution in [3.63, 3.8) is 0 Å². The summed E-state index contributed by atoms with van der Waals surface area (Å²) in [4.78, 5) is 0.284. The Hall–Kier alpha value is -1.08. The first kappa shape index (κ1) is 18.3. The maximum atomic E-state index is 12.6. The molecule has 1 aromatic rings.